The molecule has 0 aromatic rings. The topological polar surface area (TPSA) is 119 Å². The SMILES string of the molecule is C=C(C(=O)OC(OCCCC(F)(F)C(F)(F)S(=O)(=O)O)(C(=O)NCCC(F)(F)F)C(F)(F)F)C(F)(F)F. The number of ether oxygens (including phenoxy) is 2. The molecule has 0 aromatic carbocycles. The van der Waals surface area contributed by atoms with E-state index in [4.69, 9.17) is 4.55 Å². The maximum absolute atomic E-state index is 13.6. The van der Waals surface area contributed by atoms with E-state index >= 15 is 0 Å². The maximum atomic E-state index is 13.6. The van der Waals surface area contributed by atoms with Crippen molar-refractivity contribution in [2.45, 2.75) is 54.8 Å². The minimum absolute atomic E-state index is 0.898. The summed E-state index contributed by atoms with van der Waals surface area (Å²) in [5.41, 5.74) is -2.69. The first-order valence-electron chi connectivity index (χ1n) is 8.90. The van der Waals surface area contributed by atoms with Crippen molar-refractivity contribution in [3.05, 3.63) is 12.2 Å². The number of rotatable bonds is 12. The maximum Gasteiger partial charge on any atom is 0.466 e. The molecule has 1 amide bonds. The molecule has 1 unspecified atom stereocenters. The molecule has 1 atom stereocenters. The molecule has 0 aliphatic rings. The molecule has 0 saturated carbocycles. The van der Waals surface area contributed by atoms with Gasteiger partial charge in [0.05, 0.1) is 13.0 Å². The lowest BCUT2D eigenvalue weighted by atomic mass is 10.2. The molecule has 0 saturated heterocycles. The van der Waals surface area contributed by atoms with Gasteiger partial charge in [-0.15, -0.1) is 0 Å². The van der Waals surface area contributed by atoms with E-state index in [2.05, 4.69) is 16.1 Å². The van der Waals surface area contributed by atoms with Crippen molar-refractivity contribution in [2.24, 2.45) is 0 Å². The third-order valence-corrected chi connectivity index (χ3v) is 4.83. The van der Waals surface area contributed by atoms with Crippen LogP contribution in [0.15, 0.2) is 12.2 Å². The van der Waals surface area contributed by atoms with Crippen molar-refractivity contribution >= 4 is 22.0 Å². The van der Waals surface area contributed by atoms with Gasteiger partial charge in [0.15, 0.2) is 0 Å². The Balaban J connectivity index is 6.08. The Kier molecular flexibility index (Phi) is 10.5. The first-order valence-corrected chi connectivity index (χ1v) is 10.3. The van der Waals surface area contributed by atoms with Gasteiger partial charge in [0.1, 0.15) is 5.57 Å². The van der Waals surface area contributed by atoms with Crippen LogP contribution in [0, 0.1) is 0 Å². The van der Waals surface area contributed by atoms with Gasteiger partial charge in [-0.2, -0.15) is 65.5 Å². The Hall–Kier alpha value is -2.36. The molecule has 37 heavy (non-hydrogen) atoms. The van der Waals surface area contributed by atoms with Gasteiger partial charge in [-0.05, 0) is 6.42 Å². The quantitative estimate of drug-likeness (QED) is 0.0873. The van der Waals surface area contributed by atoms with Crippen LogP contribution >= 0.6 is 0 Å². The summed E-state index contributed by atoms with van der Waals surface area (Å²) in [4.78, 5) is 23.5. The number of carbonyl (C=O) groups excluding carboxylic acids is 2. The van der Waals surface area contributed by atoms with Gasteiger partial charge in [-0.25, -0.2) is 4.79 Å². The van der Waals surface area contributed by atoms with E-state index < -0.39 is 95.5 Å². The zero-order valence-electron chi connectivity index (χ0n) is 17.5. The van der Waals surface area contributed by atoms with Gasteiger partial charge in [-0.1, -0.05) is 6.58 Å². The smallest absolute Gasteiger partial charge is 0.412 e. The standard InChI is InChI=1S/C15H14F13NO7S/c1-7(13(21,22)23)8(30)36-12(14(24,25)26,9(31)29-5-4-11(18,19)20)35-6-2-3-10(16,17)15(27,28)37(32,33)34/h1-6H2,(H,29,31)(H,32,33,34). The fraction of sp³-hybridized carbons (Fsp3) is 0.733. The molecular weight excluding hydrogens is 585 g/mol. The largest absolute Gasteiger partial charge is 0.466 e. The number of halogens is 13. The van der Waals surface area contributed by atoms with Crippen LogP contribution in [-0.4, -0.2) is 73.5 Å². The van der Waals surface area contributed by atoms with Crippen LogP contribution in [0.2, 0.25) is 0 Å². The average Bonchev–Trinajstić information content (AvgIpc) is 2.65. The highest BCUT2D eigenvalue weighted by Crippen LogP contribution is 2.42. The second kappa shape index (κ2) is 11.2. The zero-order valence-corrected chi connectivity index (χ0v) is 18.3. The monoisotopic (exact) mass is 599 g/mol. The summed E-state index contributed by atoms with van der Waals surface area (Å²) in [6.07, 6.45) is -23.5. The van der Waals surface area contributed by atoms with Crippen molar-refractivity contribution in [2.75, 3.05) is 13.2 Å². The number of esters is 1. The molecular formula is C15H14F13NO7S. The minimum atomic E-state index is -6.77. The fourth-order valence-electron chi connectivity index (χ4n) is 2.00. The van der Waals surface area contributed by atoms with Crippen LogP contribution < -0.4 is 5.32 Å². The minimum Gasteiger partial charge on any atom is -0.412 e. The van der Waals surface area contributed by atoms with E-state index in [1.807, 2.05) is 0 Å². The third-order valence-electron chi connectivity index (χ3n) is 3.88. The summed E-state index contributed by atoms with van der Waals surface area (Å²) < 4.78 is 205. The third kappa shape index (κ3) is 8.86. The van der Waals surface area contributed by atoms with Crippen LogP contribution in [0.3, 0.4) is 0 Å². The van der Waals surface area contributed by atoms with Crippen molar-refractivity contribution in [3.63, 3.8) is 0 Å². The number of hydrogen-bond acceptors (Lipinski definition) is 6. The number of hydrogen-bond donors (Lipinski definition) is 2. The van der Waals surface area contributed by atoms with Crippen LogP contribution in [0.4, 0.5) is 57.1 Å². The van der Waals surface area contributed by atoms with E-state index in [1.54, 1.807) is 0 Å². The average molecular weight is 599 g/mol. The summed E-state index contributed by atoms with van der Waals surface area (Å²) in [5.74, 6) is -16.9. The molecule has 22 heteroatoms. The van der Waals surface area contributed by atoms with E-state index in [9.17, 15) is 75.1 Å². The Morgan fingerprint density at radius 2 is 1.35 bits per heavy atom. The molecule has 0 spiro atoms. The summed E-state index contributed by atoms with van der Waals surface area (Å²) in [6.45, 7) is -1.65. The molecule has 8 nitrogen and oxygen atoms in total. The molecule has 0 aliphatic carbocycles. The molecule has 0 heterocycles. The highest BCUT2D eigenvalue weighted by molar-refractivity contribution is 7.87. The second-order valence-corrected chi connectivity index (χ2v) is 8.21. The van der Waals surface area contributed by atoms with E-state index in [-0.39, 0.29) is 0 Å². The molecule has 0 bridgehead atoms. The first-order chi connectivity index (χ1) is 16.1. The number of nitrogens with one attached hydrogen (secondary N) is 1. The van der Waals surface area contributed by atoms with Crippen LogP contribution in [0.25, 0.3) is 0 Å². The Morgan fingerprint density at radius 3 is 1.73 bits per heavy atom. The lowest BCUT2D eigenvalue weighted by Crippen LogP contribution is -2.62. The lowest BCUT2D eigenvalue weighted by Gasteiger charge is -2.33. The highest BCUT2D eigenvalue weighted by atomic mass is 32.2. The van der Waals surface area contributed by atoms with Crippen LogP contribution in [-0.2, 0) is 29.2 Å². The molecule has 0 aromatic heterocycles. The van der Waals surface area contributed by atoms with Gasteiger partial charge in [-0.3, -0.25) is 9.35 Å². The summed E-state index contributed by atoms with van der Waals surface area (Å²) in [5, 5.41) is -5.29. The van der Waals surface area contributed by atoms with Crippen molar-refractivity contribution in [1.82, 2.24) is 5.32 Å². The number of amides is 1. The van der Waals surface area contributed by atoms with Crippen LogP contribution in [0.1, 0.15) is 19.3 Å². The predicted octanol–water partition coefficient (Wildman–Crippen LogP) is 3.89. The summed E-state index contributed by atoms with van der Waals surface area (Å²) in [6, 6.07) is 0. The first kappa shape index (κ1) is 34.6. The van der Waals surface area contributed by atoms with E-state index in [0.717, 1.165) is 5.32 Å². The molecule has 0 radical (unpaired) electrons. The molecule has 2 N–H and O–H groups in total. The Labute approximate surface area is 197 Å². The van der Waals surface area contributed by atoms with Gasteiger partial charge >= 0.3 is 57.5 Å². The second-order valence-electron chi connectivity index (χ2n) is 6.75. The molecule has 0 rings (SSSR count). The van der Waals surface area contributed by atoms with E-state index in [0.29, 0.717) is 0 Å². The van der Waals surface area contributed by atoms with Crippen molar-refractivity contribution < 1.29 is 89.1 Å². The summed E-state index contributed by atoms with van der Waals surface area (Å²) in [7, 11) is -6.77. The van der Waals surface area contributed by atoms with Gasteiger partial charge in [0, 0.05) is 13.0 Å². The Morgan fingerprint density at radius 1 is 0.865 bits per heavy atom. The van der Waals surface area contributed by atoms with Gasteiger partial charge in [0.25, 0.3) is 0 Å². The molecule has 0 fully saturated rings. The molecule has 0 aliphatic heterocycles. The Bertz CT molecular complexity index is 957. The van der Waals surface area contributed by atoms with E-state index in [1.165, 1.54) is 0 Å². The fourth-order valence-corrected chi connectivity index (χ4v) is 2.48. The number of alkyl halides is 13. The molecule has 218 valence electrons. The normalized spacial score (nSPS) is 15.6. The summed E-state index contributed by atoms with van der Waals surface area (Å²) >= 11 is 0. The van der Waals surface area contributed by atoms with Gasteiger partial charge in [0.2, 0.25) is 0 Å². The lowest BCUT2D eigenvalue weighted by molar-refractivity contribution is -0.348. The predicted molar refractivity (Wildman–Crippen MR) is 90.4 cm³/mol. The van der Waals surface area contributed by atoms with Crippen molar-refractivity contribution in [3.8, 4) is 0 Å². The number of carbonyl (C=O) groups is 2. The van der Waals surface area contributed by atoms with Crippen molar-refractivity contribution in [1.29, 1.82) is 0 Å². The van der Waals surface area contributed by atoms with Crippen LogP contribution in [0.5, 0.6) is 0 Å². The van der Waals surface area contributed by atoms with Gasteiger partial charge < -0.3 is 14.8 Å². The highest BCUT2D eigenvalue weighted by Gasteiger charge is 2.68. The zero-order chi connectivity index (χ0) is 29.9.